The van der Waals surface area contributed by atoms with Crippen LogP contribution in [0.15, 0.2) is 48.5 Å². The fourth-order valence-corrected chi connectivity index (χ4v) is 4.91. The molecule has 5 rings (SSSR count). The van der Waals surface area contributed by atoms with Gasteiger partial charge in [0, 0.05) is 25.4 Å². The smallest absolute Gasteiger partial charge is 0.407 e. The van der Waals surface area contributed by atoms with Crippen LogP contribution in [0.25, 0.3) is 11.1 Å². The van der Waals surface area contributed by atoms with Crippen LogP contribution < -0.4 is 5.32 Å². The van der Waals surface area contributed by atoms with Gasteiger partial charge < -0.3 is 20.1 Å². The van der Waals surface area contributed by atoms with Gasteiger partial charge in [0.15, 0.2) is 0 Å². The van der Waals surface area contributed by atoms with Crippen molar-refractivity contribution in [1.82, 2.24) is 10.2 Å². The second kappa shape index (κ2) is 7.65. The van der Waals surface area contributed by atoms with Gasteiger partial charge in [0.2, 0.25) is 5.91 Å². The molecule has 2 N–H and O–H groups in total. The minimum atomic E-state index is -1.02. The van der Waals surface area contributed by atoms with Crippen molar-refractivity contribution in [2.75, 3.05) is 20.2 Å². The van der Waals surface area contributed by atoms with Crippen molar-refractivity contribution in [3.63, 3.8) is 0 Å². The molecule has 0 radical (unpaired) electrons. The Morgan fingerprint density at radius 3 is 2.22 bits per heavy atom. The quantitative estimate of drug-likeness (QED) is 0.698. The van der Waals surface area contributed by atoms with E-state index in [1.165, 1.54) is 16.0 Å². The molecule has 7 nitrogen and oxygen atoms in total. The molecule has 0 aliphatic heterocycles. The van der Waals surface area contributed by atoms with Gasteiger partial charge in [0.05, 0.1) is 0 Å². The Kier molecular flexibility index (Phi) is 4.92. The lowest BCUT2D eigenvalue weighted by molar-refractivity contribution is -0.151. The van der Waals surface area contributed by atoms with E-state index >= 15 is 0 Å². The van der Waals surface area contributed by atoms with Gasteiger partial charge in [-0.05, 0) is 47.4 Å². The lowest BCUT2D eigenvalue weighted by Gasteiger charge is -2.24. The zero-order chi connectivity index (χ0) is 22.5. The summed E-state index contributed by atoms with van der Waals surface area (Å²) in [5.74, 6) is -1.30. The van der Waals surface area contributed by atoms with Crippen molar-refractivity contribution < 1.29 is 24.2 Å². The van der Waals surface area contributed by atoms with Crippen molar-refractivity contribution in [3.05, 3.63) is 59.7 Å². The maximum Gasteiger partial charge on any atom is 0.407 e. The van der Waals surface area contributed by atoms with E-state index in [2.05, 4.69) is 29.6 Å². The van der Waals surface area contributed by atoms with Crippen molar-refractivity contribution in [2.45, 2.75) is 30.7 Å². The van der Waals surface area contributed by atoms with Crippen LogP contribution >= 0.6 is 0 Å². The molecule has 2 atom stereocenters. The summed E-state index contributed by atoms with van der Waals surface area (Å²) < 4.78 is 5.53. The van der Waals surface area contributed by atoms with Gasteiger partial charge in [-0.25, -0.2) is 9.59 Å². The number of nitrogens with one attached hydrogen (secondary N) is 1. The molecule has 0 saturated heterocycles. The number of likely N-dealkylation sites (N-methyl/N-ethyl adjacent to an activating group) is 1. The Morgan fingerprint density at radius 1 is 1.06 bits per heavy atom. The highest BCUT2D eigenvalue weighted by molar-refractivity contribution is 5.91. The normalized spacial score (nSPS) is 21.8. The fraction of sp³-hybridized carbons (Fsp3) is 0.400. The van der Waals surface area contributed by atoms with E-state index in [1.54, 1.807) is 7.05 Å². The lowest BCUT2D eigenvalue weighted by Crippen LogP contribution is -2.45. The van der Waals surface area contributed by atoms with E-state index in [-0.39, 0.29) is 30.3 Å². The van der Waals surface area contributed by atoms with Crippen molar-refractivity contribution in [2.24, 2.45) is 11.8 Å². The number of carbonyl (C=O) groups excluding carboxylic acids is 2. The second-order valence-electron chi connectivity index (χ2n) is 9.04. The first-order valence-corrected chi connectivity index (χ1v) is 11.0. The second-order valence-corrected chi connectivity index (χ2v) is 9.04. The number of carboxylic acid groups (broad SMARTS) is 1. The topological polar surface area (TPSA) is 95.9 Å². The molecule has 2 aromatic carbocycles. The predicted octanol–water partition coefficient (Wildman–Crippen LogP) is 3.24. The van der Waals surface area contributed by atoms with Gasteiger partial charge in [-0.3, -0.25) is 4.79 Å². The molecule has 32 heavy (non-hydrogen) atoms. The third kappa shape index (κ3) is 3.42. The minimum Gasteiger partial charge on any atom is -0.479 e. The van der Waals surface area contributed by atoms with Gasteiger partial charge in [-0.1, -0.05) is 48.5 Å². The van der Waals surface area contributed by atoms with Gasteiger partial charge in [0.25, 0.3) is 0 Å². The van der Waals surface area contributed by atoms with Crippen molar-refractivity contribution >= 4 is 18.0 Å². The van der Waals surface area contributed by atoms with Crippen LogP contribution in [0.3, 0.4) is 0 Å². The molecule has 2 fully saturated rings. The van der Waals surface area contributed by atoms with Crippen LogP contribution in [0.5, 0.6) is 0 Å². The van der Waals surface area contributed by atoms with E-state index in [0.29, 0.717) is 25.8 Å². The molecule has 3 aliphatic rings. The summed E-state index contributed by atoms with van der Waals surface area (Å²) in [6.45, 7) is 0.595. The number of aliphatic carboxylic acids is 1. The van der Waals surface area contributed by atoms with Crippen LogP contribution in [0.1, 0.15) is 36.3 Å². The lowest BCUT2D eigenvalue weighted by atomic mass is 9.98. The van der Waals surface area contributed by atoms with Crippen molar-refractivity contribution in [1.29, 1.82) is 0 Å². The summed E-state index contributed by atoms with van der Waals surface area (Å²) in [5, 5.41) is 12.1. The zero-order valence-corrected chi connectivity index (χ0v) is 17.9. The van der Waals surface area contributed by atoms with Crippen LogP contribution in [-0.2, 0) is 14.3 Å². The zero-order valence-electron chi connectivity index (χ0n) is 17.9. The Morgan fingerprint density at radius 2 is 1.66 bits per heavy atom. The highest BCUT2D eigenvalue weighted by atomic mass is 16.5. The molecule has 7 heteroatoms. The number of nitrogens with zero attached hydrogens (tertiary/aromatic N) is 1. The number of ether oxygens (including phenoxy) is 1. The average Bonchev–Trinajstić information content (AvgIpc) is 3.72. The van der Waals surface area contributed by atoms with Crippen LogP contribution in [0, 0.1) is 11.8 Å². The first kappa shape index (κ1) is 20.5. The molecule has 2 aromatic rings. The monoisotopic (exact) mass is 434 g/mol. The summed E-state index contributed by atoms with van der Waals surface area (Å²) >= 11 is 0. The molecular formula is C25H26N2O5. The average molecular weight is 434 g/mol. The molecule has 166 valence electrons. The third-order valence-corrected chi connectivity index (χ3v) is 7.19. The highest BCUT2D eigenvalue weighted by Crippen LogP contribution is 2.47. The van der Waals surface area contributed by atoms with E-state index < -0.39 is 17.6 Å². The Bertz CT molecular complexity index is 1050. The van der Waals surface area contributed by atoms with Crippen LogP contribution in [0.4, 0.5) is 4.79 Å². The number of hydrogen-bond donors (Lipinski definition) is 2. The number of carboxylic acids is 1. The Balaban J connectivity index is 1.12. The summed E-state index contributed by atoms with van der Waals surface area (Å²) in [6, 6.07) is 16.3. The molecule has 0 bridgehead atoms. The predicted molar refractivity (Wildman–Crippen MR) is 117 cm³/mol. The molecule has 0 aromatic heterocycles. The number of fused-ring (bicyclic) bond motifs is 3. The molecule has 2 saturated carbocycles. The number of benzene rings is 2. The molecule has 0 spiro atoms. The van der Waals surface area contributed by atoms with E-state index in [9.17, 15) is 19.5 Å². The number of rotatable bonds is 7. The van der Waals surface area contributed by atoms with Gasteiger partial charge >= 0.3 is 12.1 Å². The standard InChI is InChI=1S/C25H26N2O5/c1-27(25(10-11-25)23(29)30)22(28)20-12-15(20)13-26-24(31)32-14-21-18-8-4-2-6-16(18)17-7-3-5-9-19(17)21/h2-9,15,20-21H,10-14H2,1H3,(H,26,31)(H,29,30)/t15-,20-/m0/s1. The van der Waals surface area contributed by atoms with Crippen LogP contribution in [-0.4, -0.2) is 53.7 Å². The molecule has 2 amide bonds. The van der Waals surface area contributed by atoms with Gasteiger partial charge in [-0.15, -0.1) is 0 Å². The Hall–Kier alpha value is -3.35. The number of carbonyl (C=O) groups is 3. The summed E-state index contributed by atoms with van der Waals surface area (Å²) in [6.07, 6.45) is 1.16. The van der Waals surface area contributed by atoms with Crippen molar-refractivity contribution in [3.8, 4) is 11.1 Å². The van der Waals surface area contributed by atoms with Crippen LogP contribution in [0.2, 0.25) is 0 Å². The fourth-order valence-electron chi connectivity index (χ4n) is 4.91. The minimum absolute atomic E-state index is 0.00259. The first-order valence-electron chi connectivity index (χ1n) is 11.0. The molecule has 3 aliphatic carbocycles. The van der Waals surface area contributed by atoms with Gasteiger partial charge in [-0.2, -0.15) is 0 Å². The summed E-state index contributed by atoms with van der Waals surface area (Å²) in [7, 11) is 1.57. The van der Waals surface area contributed by atoms with E-state index in [4.69, 9.17) is 4.74 Å². The summed E-state index contributed by atoms with van der Waals surface area (Å²) in [5.41, 5.74) is 3.64. The van der Waals surface area contributed by atoms with E-state index in [1.807, 2.05) is 24.3 Å². The third-order valence-electron chi connectivity index (χ3n) is 7.19. The summed E-state index contributed by atoms with van der Waals surface area (Å²) in [4.78, 5) is 37.7. The number of amides is 2. The first-order chi connectivity index (χ1) is 15.4. The molecule has 0 unspecified atom stereocenters. The molecular weight excluding hydrogens is 408 g/mol. The Labute approximate surface area is 186 Å². The highest BCUT2D eigenvalue weighted by Gasteiger charge is 2.58. The largest absolute Gasteiger partial charge is 0.479 e. The maximum atomic E-state index is 12.6. The maximum absolute atomic E-state index is 12.6. The number of hydrogen-bond acceptors (Lipinski definition) is 4. The molecule has 0 heterocycles. The number of alkyl carbamates (subject to hydrolysis) is 1. The van der Waals surface area contributed by atoms with Gasteiger partial charge in [0.1, 0.15) is 12.1 Å². The van der Waals surface area contributed by atoms with E-state index in [0.717, 1.165) is 11.1 Å². The SMILES string of the molecule is CN(C(=O)[C@H]1C[C@H]1CNC(=O)OCC1c2ccccc2-c2ccccc21)C1(C(=O)O)CC1.